The Morgan fingerprint density at radius 2 is 1.48 bits per heavy atom. The summed E-state index contributed by atoms with van der Waals surface area (Å²) in [5.74, 6) is -0.789. The van der Waals surface area contributed by atoms with E-state index in [0.717, 1.165) is 24.8 Å². The Morgan fingerprint density at radius 1 is 0.957 bits per heavy atom. The van der Waals surface area contributed by atoms with E-state index in [1.807, 2.05) is 48.5 Å². The van der Waals surface area contributed by atoms with Crippen LogP contribution < -0.4 is 5.32 Å². The summed E-state index contributed by atoms with van der Waals surface area (Å²) in [5, 5.41) is 12.9. The summed E-state index contributed by atoms with van der Waals surface area (Å²) in [7, 11) is 0. The minimum atomic E-state index is -0.789. The summed E-state index contributed by atoms with van der Waals surface area (Å²) >= 11 is 0. The van der Waals surface area contributed by atoms with Crippen LogP contribution in [0.15, 0.2) is 60.7 Å². The van der Waals surface area contributed by atoms with Crippen LogP contribution in [0.4, 0.5) is 0 Å². The molecule has 2 aromatic carbocycles. The topological polar surface area (TPSA) is 49.3 Å². The fourth-order valence-corrected chi connectivity index (χ4v) is 2.84. The zero-order chi connectivity index (χ0) is 16.5. The molecule has 2 N–H and O–H groups in total. The normalized spacial score (nSPS) is 13.4. The molecule has 0 spiro atoms. The molecule has 0 aliphatic rings. The molecule has 0 aromatic heterocycles. The average molecular weight is 311 g/mol. The Labute approximate surface area is 138 Å². The lowest BCUT2D eigenvalue weighted by atomic mass is 9.99. The maximum atomic E-state index is 11.6. The van der Waals surface area contributed by atoms with Crippen molar-refractivity contribution in [1.82, 2.24) is 5.32 Å². The summed E-state index contributed by atoms with van der Waals surface area (Å²) in [4.78, 5) is 11.6. The van der Waals surface area contributed by atoms with Crippen molar-refractivity contribution in [2.45, 2.75) is 44.7 Å². The van der Waals surface area contributed by atoms with Gasteiger partial charge in [-0.3, -0.25) is 4.79 Å². The molecular weight excluding hydrogens is 286 g/mol. The van der Waals surface area contributed by atoms with Crippen molar-refractivity contribution in [2.75, 3.05) is 0 Å². The third-order valence-corrected chi connectivity index (χ3v) is 3.98. The Balaban J connectivity index is 2.03. The van der Waals surface area contributed by atoms with Crippen molar-refractivity contribution < 1.29 is 9.90 Å². The van der Waals surface area contributed by atoms with E-state index in [0.29, 0.717) is 6.42 Å². The van der Waals surface area contributed by atoms with Gasteiger partial charge in [0.05, 0.1) is 0 Å². The molecule has 0 saturated heterocycles. The molecule has 3 nitrogen and oxygen atoms in total. The molecular formula is C20H25NO2. The molecule has 1 unspecified atom stereocenters. The summed E-state index contributed by atoms with van der Waals surface area (Å²) in [5.41, 5.74) is 2.28. The van der Waals surface area contributed by atoms with Gasteiger partial charge in [0.15, 0.2) is 0 Å². The molecule has 0 aliphatic carbocycles. The summed E-state index contributed by atoms with van der Waals surface area (Å²) < 4.78 is 0. The van der Waals surface area contributed by atoms with Gasteiger partial charge in [0, 0.05) is 6.04 Å². The van der Waals surface area contributed by atoms with Crippen molar-refractivity contribution in [3.63, 3.8) is 0 Å². The molecule has 0 amide bonds. The third-order valence-electron chi connectivity index (χ3n) is 3.98. The van der Waals surface area contributed by atoms with Crippen LogP contribution in [0.25, 0.3) is 0 Å². The molecule has 2 rings (SSSR count). The largest absolute Gasteiger partial charge is 0.480 e. The van der Waals surface area contributed by atoms with E-state index in [1.165, 1.54) is 5.56 Å². The molecule has 2 aromatic rings. The smallest absolute Gasteiger partial charge is 0.321 e. The number of carboxylic acid groups (broad SMARTS) is 1. The van der Waals surface area contributed by atoms with E-state index in [4.69, 9.17) is 0 Å². The van der Waals surface area contributed by atoms with E-state index in [1.54, 1.807) is 0 Å². The number of hydrogen-bond donors (Lipinski definition) is 2. The quantitative estimate of drug-likeness (QED) is 0.742. The highest BCUT2D eigenvalue weighted by molar-refractivity contribution is 5.74. The molecule has 0 radical (unpaired) electrons. The number of rotatable bonds is 9. The van der Waals surface area contributed by atoms with Crippen molar-refractivity contribution in [3.8, 4) is 0 Å². The van der Waals surface area contributed by atoms with Crippen molar-refractivity contribution in [3.05, 3.63) is 71.8 Å². The average Bonchev–Trinajstić information content (AvgIpc) is 2.56. The third kappa shape index (κ3) is 5.87. The Hall–Kier alpha value is -2.13. The van der Waals surface area contributed by atoms with Gasteiger partial charge in [-0.15, -0.1) is 0 Å². The molecule has 0 saturated carbocycles. The van der Waals surface area contributed by atoms with Gasteiger partial charge in [-0.25, -0.2) is 0 Å². The minimum absolute atomic E-state index is 0.173. The number of hydrogen-bond acceptors (Lipinski definition) is 2. The van der Waals surface area contributed by atoms with Crippen LogP contribution in [0.2, 0.25) is 0 Å². The summed E-state index contributed by atoms with van der Waals surface area (Å²) in [6, 6.07) is 19.6. The van der Waals surface area contributed by atoms with Crippen molar-refractivity contribution in [2.24, 2.45) is 0 Å². The maximum Gasteiger partial charge on any atom is 0.321 e. The predicted octanol–water partition coefficient (Wildman–Crippen LogP) is 3.68. The number of carboxylic acids is 1. The van der Waals surface area contributed by atoms with Gasteiger partial charge in [0.1, 0.15) is 6.04 Å². The molecule has 0 aliphatic heterocycles. The molecule has 0 bridgehead atoms. The van der Waals surface area contributed by atoms with Crippen LogP contribution in [0.5, 0.6) is 0 Å². The molecule has 0 fully saturated rings. The van der Waals surface area contributed by atoms with E-state index < -0.39 is 12.0 Å². The molecule has 0 heterocycles. The standard InChI is InChI=1S/C20H25NO2/c1-2-9-18(14-16-10-5-3-6-11-16)21-19(20(22)23)15-17-12-7-4-8-13-17/h3-8,10-13,18-19,21H,2,9,14-15H2,1H3,(H,22,23)/t18?,19-/m0/s1. The van der Waals surface area contributed by atoms with Crippen LogP contribution in [0, 0.1) is 0 Å². The first-order valence-corrected chi connectivity index (χ1v) is 8.25. The Kier molecular flexibility index (Phi) is 6.82. The van der Waals surface area contributed by atoms with Crippen LogP contribution in [-0.2, 0) is 17.6 Å². The number of benzene rings is 2. The molecule has 3 heteroatoms. The van der Waals surface area contributed by atoms with Crippen LogP contribution in [0.1, 0.15) is 30.9 Å². The lowest BCUT2D eigenvalue weighted by Gasteiger charge is -2.23. The van der Waals surface area contributed by atoms with Crippen LogP contribution >= 0.6 is 0 Å². The first-order valence-electron chi connectivity index (χ1n) is 8.25. The van der Waals surface area contributed by atoms with E-state index in [-0.39, 0.29) is 6.04 Å². The number of nitrogens with one attached hydrogen (secondary N) is 1. The lowest BCUT2D eigenvalue weighted by Crippen LogP contribution is -2.45. The van der Waals surface area contributed by atoms with Gasteiger partial charge in [-0.1, -0.05) is 74.0 Å². The highest BCUT2D eigenvalue weighted by Gasteiger charge is 2.21. The zero-order valence-electron chi connectivity index (χ0n) is 13.6. The highest BCUT2D eigenvalue weighted by Crippen LogP contribution is 2.11. The first kappa shape index (κ1) is 17.2. The minimum Gasteiger partial charge on any atom is -0.480 e. The van der Waals surface area contributed by atoms with E-state index >= 15 is 0 Å². The molecule has 23 heavy (non-hydrogen) atoms. The maximum absolute atomic E-state index is 11.6. The number of carbonyl (C=O) groups is 1. The highest BCUT2D eigenvalue weighted by atomic mass is 16.4. The van der Waals surface area contributed by atoms with Gasteiger partial charge in [0.2, 0.25) is 0 Å². The SMILES string of the molecule is CCCC(Cc1ccccc1)N[C@@H](Cc1ccccc1)C(=O)O. The van der Waals surface area contributed by atoms with Crippen molar-refractivity contribution >= 4 is 5.97 Å². The fraction of sp³-hybridized carbons (Fsp3) is 0.350. The first-order chi connectivity index (χ1) is 11.2. The van der Waals surface area contributed by atoms with Gasteiger partial charge in [0.25, 0.3) is 0 Å². The Morgan fingerprint density at radius 3 is 1.96 bits per heavy atom. The van der Waals surface area contributed by atoms with E-state index in [2.05, 4.69) is 24.4 Å². The van der Waals surface area contributed by atoms with Gasteiger partial charge < -0.3 is 10.4 Å². The second-order valence-corrected chi connectivity index (χ2v) is 5.92. The van der Waals surface area contributed by atoms with Crippen LogP contribution in [0.3, 0.4) is 0 Å². The fourth-order valence-electron chi connectivity index (χ4n) is 2.84. The van der Waals surface area contributed by atoms with Crippen LogP contribution in [-0.4, -0.2) is 23.2 Å². The summed E-state index contributed by atoms with van der Waals surface area (Å²) in [6.07, 6.45) is 3.36. The monoisotopic (exact) mass is 311 g/mol. The van der Waals surface area contributed by atoms with E-state index in [9.17, 15) is 9.90 Å². The predicted molar refractivity (Wildman–Crippen MR) is 93.5 cm³/mol. The Bertz CT molecular complexity index is 583. The second-order valence-electron chi connectivity index (χ2n) is 5.92. The zero-order valence-corrected chi connectivity index (χ0v) is 13.6. The summed E-state index contributed by atoms with van der Waals surface area (Å²) in [6.45, 7) is 2.13. The molecule has 122 valence electrons. The van der Waals surface area contributed by atoms with Crippen molar-refractivity contribution in [1.29, 1.82) is 0 Å². The molecule has 2 atom stereocenters. The van der Waals surface area contributed by atoms with Gasteiger partial charge in [-0.2, -0.15) is 0 Å². The van der Waals surface area contributed by atoms with Gasteiger partial charge in [-0.05, 0) is 30.4 Å². The number of aliphatic carboxylic acids is 1. The van der Waals surface area contributed by atoms with Gasteiger partial charge >= 0.3 is 5.97 Å². The second kappa shape index (κ2) is 9.11. The lowest BCUT2D eigenvalue weighted by molar-refractivity contribution is -0.139.